The number of aryl methyl sites for hydroxylation is 1. The SMILES string of the molecule is Cc1nnn(-c2ccc(N/N=C(\C#N)C(=N)N)cc2)n1. The summed E-state index contributed by atoms with van der Waals surface area (Å²) in [6, 6.07) is 8.70. The Bertz CT molecular complexity index is 689. The predicted octanol–water partition coefficient (Wildman–Crippen LogP) is 0.198. The molecule has 0 saturated carbocycles. The number of aromatic nitrogens is 4. The van der Waals surface area contributed by atoms with Gasteiger partial charge in [-0.2, -0.15) is 10.4 Å². The Labute approximate surface area is 114 Å². The average Bonchev–Trinajstić information content (AvgIpc) is 2.86. The molecule has 0 radical (unpaired) electrons. The number of hydrazone groups is 1. The normalized spacial score (nSPS) is 10.9. The van der Waals surface area contributed by atoms with Crippen molar-refractivity contribution in [2.24, 2.45) is 10.8 Å². The summed E-state index contributed by atoms with van der Waals surface area (Å²) in [4.78, 5) is 1.40. The molecule has 100 valence electrons. The second-order valence-corrected chi connectivity index (χ2v) is 3.77. The summed E-state index contributed by atoms with van der Waals surface area (Å²) in [6.45, 7) is 1.75. The van der Waals surface area contributed by atoms with Crippen molar-refractivity contribution in [3.05, 3.63) is 30.1 Å². The van der Waals surface area contributed by atoms with Crippen molar-refractivity contribution in [1.82, 2.24) is 20.2 Å². The van der Waals surface area contributed by atoms with E-state index < -0.39 is 0 Å². The maximum absolute atomic E-state index is 8.70. The topological polar surface area (TPSA) is 142 Å². The van der Waals surface area contributed by atoms with Crippen LogP contribution in [0.2, 0.25) is 0 Å². The molecule has 9 nitrogen and oxygen atoms in total. The van der Waals surface area contributed by atoms with Gasteiger partial charge in [0.2, 0.25) is 5.71 Å². The fourth-order valence-electron chi connectivity index (χ4n) is 1.33. The molecule has 20 heavy (non-hydrogen) atoms. The number of amidine groups is 1. The van der Waals surface area contributed by atoms with Crippen molar-refractivity contribution in [2.45, 2.75) is 6.92 Å². The van der Waals surface area contributed by atoms with Crippen LogP contribution in [0.5, 0.6) is 0 Å². The molecule has 2 rings (SSSR count). The lowest BCUT2D eigenvalue weighted by Crippen LogP contribution is -2.21. The van der Waals surface area contributed by atoms with E-state index in [1.54, 1.807) is 37.3 Å². The van der Waals surface area contributed by atoms with Gasteiger partial charge in [-0.15, -0.1) is 15.0 Å². The van der Waals surface area contributed by atoms with Crippen LogP contribution in [-0.2, 0) is 0 Å². The van der Waals surface area contributed by atoms with E-state index in [2.05, 4.69) is 25.9 Å². The molecule has 0 atom stereocenters. The first-order valence-electron chi connectivity index (χ1n) is 5.55. The number of hydrogen-bond acceptors (Lipinski definition) is 7. The van der Waals surface area contributed by atoms with Gasteiger partial charge >= 0.3 is 0 Å². The zero-order valence-electron chi connectivity index (χ0n) is 10.6. The predicted molar refractivity (Wildman–Crippen MR) is 72.5 cm³/mol. The molecule has 1 heterocycles. The van der Waals surface area contributed by atoms with Gasteiger partial charge in [0.25, 0.3) is 0 Å². The molecule has 0 aliphatic carbocycles. The highest BCUT2D eigenvalue weighted by molar-refractivity contribution is 6.45. The minimum Gasteiger partial charge on any atom is -0.382 e. The maximum Gasteiger partial charge on any atom is 0.201 e. The van der Waals surface area contributed by atoms with E-state index in [0.717, 1.165) is 5.69 Å². The highest BCUT2D eigenvalue weighted by atomic mass is 15.6. The molecular weight excluding hydrogens is 258 g/mol. The summed E-state index contributed by atoms with van der Waals surface area (Å²) >= 11 is 0. The van der Waals surface area contributed by atoms with E-state index in [9.17, 15) is 0 Å². The second kappa shape index (κ2) is 5.57. The van der Waals surface area contributed by atoms with Crippen LogP contribution in [0.4, 0.5) is 5.69 Å². The summed E-state index contributed by atoms with van der Waals surface area (Å²) < 4.78 is 0. The van der Waals surface area contributed by atoms with Crippen LogP contribution >= 0.6 is 0 Å². The molecular formula is C11H11N9. The Morgan fingerprint density at radius 3 is 2.65 bits per heavy atom. The molecule has 0 bridgehead atoms. The van der Waals surface area contributed by atoms with Crippen LogP contribution in [0.25, 0.3) is 5.69 Å². The molecule has 0 amide bonds. The van der Waals surface area contributed by atoms with Gasteiger partial charge in [-0.1, -0.05) is 0 Å². The van der Waals surface area contributed by atoms with Crippen molar-refractivity contribution in [3.8, 4) is 11.8 Å². The van der Waals surface area contributed by atoms with Gasteiger partial charge in [0.1, 0.15) is 6.07 Å². The number of nitrogens with one attached hydrogen (secondary N) is 2. The number of hydrogen-bond donors (Lipinski definition) is 3. The lowest BCUT2D eigenvalue weighted by molar-refractivity contribution is 0.719. The summed E-state index contributed by atoms with van der Waals surface area (Å²) in [7, 11) is 0. The van der Waals surface area contributed by atoms with Gasteiger partial charge < -0.3 is 5.73 Å². The Morgan fingerprint density at radius 1 is 1.45 bits per heavy atom. The maximum atomic E-state index is 8.70. The third-order valence-electron chi connectivity index (χ3n) is 2.27. The number of anilines is 1. The van der Waals surface area contributed by atoms with E-state index in [0.29, 0.717) is 11.5 Å². The monoisotopic (exact) mass is 269 g/mol. The third-order valence-corrected chi connectivity index (χ3v) is 2.27. The first-order valence-corrected chi connectivity index (χ1v) is 5.55. The van der Waals surface area contributed by atoms with Crippen molar-refractivity contribution in [2.75, 3.05) is 5.43 Å². The molecule has 0 unspecified atom stereocenters. The second-order valence-electron chi connectivity index (χ2n) is 3.77. The minimum absolute atomic E-state index is 0.178. The highest BCUT2D eigenvalue weighted by Gasteiger charge is 2.02. The van der Waals surface area contributed by atoms with Crippen LogP contribution in [-0.4, -0.2) is 31.8 Å². The molecule has 9 heteroatoms. The standard InChI is InChI=1S/C11H11N9/c1-7-15-19-20(18-7)9-4-2-8(3-5-9)16-17-10(6-12)11(13)14/h2-5,16H,1H3,(H3,13,14)/b17-10+. The van der Waals surface area contributed by atoms with Gasteiger partial charge in [-0.3, -0.25) is 10.8 Å². The van der Waals surface area contributed by atoms with Crippen LogP contribution in [0.1, 0.15) is 5.82 Å². The van der Waals surface area contributed by atoms with Gasteiger partial charge in [0.15, 0.2) is 11.7 Å². The summed E-state index contributed by atoms with van der Waals surface area (Å²) in [6.07, 6.45) is 0. The lowest BCUT2D eigenvalue weighted by Gasteiger charge is -2.02. The number of rotatable bonds is 4. The molecule has 1 aromatic heterocycles. The Hall–Kier alpha value is -3.28. The molecule has 4 N–H and O–H groups in total. The van der Waals surface area contributed by atoms with Crippen molar-refractivity contribution < 1.29 is 0 Å². The zero-order valence-corrected chi connectivity index (χ0v) is 10.6. The van der Waals surface area contributed by atoms with Gasteiger partial charge in [-0.25, -0.2) is 0 Å². The molecule has 1 aromatic carbocycles. The van der Waals surface area contributed by atoms with Crippen molar-refractivity contribution >= 4 is 17.2 Å². The van der Waals surface area contributed by atoms with E-state index in [-0.39, 0.29) is 11.5 Å². The average molecular weight is 269 g/mol. The van der Waals surface area contributed by atoms with Gasteiger partial charge in [0, 0.05) is 0 Å². The van der Waals surface area contributed by atoms with Gasteiger partial charge in [0.05, 0.1) is 11.4 Å². The molecule has 2 aromatic rings. The summed E-state index contributed by atoms with van der Waals surface area (Å²) in [5, 5.41) is 31.3. The fourth-order valence-corrected chi connectivity index (χ4v) is 1.33. The van der Waals surface area contributed by atoms with Crippen LogP contribution < -0.4 is 11.2 Å². The lowest BCUT2D eigenvalue weighted by atomic mass is 10.3. The zero-order chi connectivity index (χ0) is 14.5. The smallest absolute Gasteiger partial charge is 0.201 e. The number of nitriles is 1. The van der Waals surface area contributed by atoms with Crippen LogP contribution in [0.3, 0.4) is 0 Å². The molecule has 0 spiro atoms. The van der Waals surface area contributed by atoms with Crippen molar-refractivity contribution in [1.29, 1.82) is 10.7 Å². The highest BCUT2D eigenvalue weighted by Crippen LogP contribution is 2.11. The largest absolute Gasteiger partial charge is 0.382 e. The first kappa shape index (κ1) is 13.2. The van der Waals surface area contributed by atoms with Crippen LogP contribution in [0.15, 0.2) is 29.4 Å². The van der Waals surface area contributed by atoms with Gasteiger partial charge in [-0.05, 0) is 36.4 Å². The molecule has 0 saturated heterocycles. The third kappa shape index (κ3) is 2.94. The summed E-state index contributed by atoms with van der Waals surface area (Å²) in [5.41, 5.74) is 9.02. The number of benzene rings is 1. The molecule has 0 aliphatic heterocycles. The van der Waals surface area contributed by atoms with E-state index in [4.69, 9.17) is 16.4 Å². The Kier molecular flexibility index (Phi) is 3.67. The number of nitrogens with two attached hydrogens (primary N) is 1. The number of tetrazole rings is 1. The van der Waals surface area contributed by atoms with E-state index >= 15 is 0 Å². The fraction of sp³-hybridized carbons (Fsp3) is 0.0909. The molecule has 0 aliphatic rings. The Balaban J connectivity index is 2.13. The van der Waals surface area contributed by atoms with Crippen molar-refractivity contribution in [3.63, 3.8) is 0 Å². The number of nitrogens with zero attached hydrogens (tertiary/aromatic N) is 6. The van der Waals surface area contributed by atoms with Crippen LogP contribution in [0, 0.1) is 23.7 Å². The first-order chi connectivity index (χ1) is 9.60. The quantitative estimate of drug-likeness (QED) is 0.411. The molecule has 0 fully saturated rings. The summed E-state index contributed by atoms with van der Waals surface area (Å²) in [5.74, 6) is 0.191. The minimum atomic E-state index is -0.390. The Morgan fingerprint density at radius 2 is 2.15 bits per heavy atom. The van der Waals surface area contributed by atoms with E-state index in [1.807, 2.05) is 0 Å². The van der Waals surface area contributed by atoms with E-state index in [1.165, 1.54) is 4.80 Å².